The van der Waals surface area contributed by atoms with Crippen molar-refractivity contribution in [2.75, 3.05) is 13.7 Å². The monoisotopic (exact) mass is 487 g/mol. The van der Waals surface area contributed by atoms with Gasteiger partial charge in [0.1, 0.15) is 10.6 Å². The van der Waals surface area contributed by atoms with Gasteiger partial charge in [-0.1, -0.05) is 49.4 Å². The summed E-state index contributed by atoms with van der Waals surface area (Å²) in [4.78, 5) is 35.2. The standard InChI is InChI=1S/C28H29N3O3S/c1-3-22(20-7-5-4-6-8-20)27(32)30-16-14-23-24(17-30)35-26-25(23)28(33)31(18-29-26)15-13-19-9-11-21(34-2)12-10-19/h4-12,18,22H,3,13-17H2,1-2H3. The number of carbonyl (C=O) groups excluding carboxylic acids is 1. The van der Waals surface area contributed by atoms with E-state index in [9.17, 15) is 9.59 Å². The Labute approximate surface area is 208 Å². The second-order valence-electron chi connectivity index (χ2n) is 8.91. The maximum Gasteiger partial charge on any atom is 0.262 e. The van der Waals surface area contributed by atoms with Crippen LogP contribution in [-0.2, 0) is 30.7 Å². The first kappa shape index (κ1) is 23.3. The van der Waals surface area contributed by atoms with Gasteiger partial charge in [0.2, 0.25) is 5.91 Å². The first-order valence-corrected chi connectivity index (χ1v) is 12.9. The Morgan fingerprint density at radius 2 is 1.91 bits per heavy atom. The highest BCUT2D eigenvalue weighted by molar-refractivity contribution is 7.18. The van der Waals surface area contributed by atoms with Gasteiger partial charge in [0.15, 0.2) is 0 Å². The zero-order chi connectivity index (χ0) is 24.4. The SMILES string of the molecule is CCC(C(=O)N1CCc2c(sc3ncn(CCc4ccc(OC)cc4)c(=O)c23)C1)c1ccccc1. The molecular formula is C28H29N3O3S. The number of rotatable bonds is 7. The first-order chi connectivity index (χ1) is 17.1. The molecule has 5 rings (SSSR count). The molecule has 1 amide bonds. The summed E-state index contributed by atoms with van der Waals surface area (Å²) in [6.07, 6.45) is 3.84. The number of benzene rings is 2. The van der Waals surface area contributed by atoms with E-state index in [0.29, 0.717) is 26.1 Å². The van der Waals surface area contributed by atoms with Gasteiger partial charge in [-0.15, -0.1) is 11.3 Å². The van der Waals surface area contributed by atoms with E-state index in [1.807, 2.05) is 59.5 Å². The van der Waals surface area contributed by atoms with Crippen LogP contribution in [0.15, 0.2) is 65.7 Å². The van der Waals surface area contributed by atoms with Gasteiger partial charge in [-0.25, -0.2) is 4.98 Å². The van der Waals surface area contributed by atoms with Crippen LogP contribution in [-0.4, -0.2) is 34.0 Å². The fraction of sp³-hybridized carbons (Fsp3) is 0.321. The number of hydrogen-bond acceptors (Lipinski definition) is 5. The van der Waals surface area contributed by atoms with Gasteiger partial charge < -0.3 is 9.64 Å². The highest BCUT2D eigenvalue weighted by Gasteiger charge is 2.30. The zero-order valence-corrected chi connectivity index (χ0v) is 20.9. The Balaban J connectivity index is 1.36. The number of thiophene rings is 1. The molecule has 2 aromatic heterocycles. The van der Waals surface area contributed by atoms with Crippen LogP contribution >= 0.6 is 11.3 Å². The van der Waals surface area contributed by atoms with E-state index < -0.39 is 0 Å². The lowest BCUT2D eigenvalue weighted by molar-refractivity contribution is -0.133. The molecule has 35 heavy (non-hydrogen) atoms. The van der Waals surface area contributed by atoms with Gasteiger partial charge in [0, 0.05) is 18.0 Å². The first-order valence-electron chi connectivity index (χ1n) is 12.1. The zero-order valence-electron chi connectivity index (χ0n) is 20.1. The van der Waals surface area contributed by atoms with Gasteiger partial charge in [0.05, 0.1) is 31.3 Å². The fourth-order valence-electron chi connectivity index (χ4n) is 4.87. The minimum absolute atomic E-state index is 0.0107. The summed E-state index contributed by atoms with van der Waals surface area (Å²) in [5.41, 5.74) is 3.28. The largest absolute Gasteiger partial charge is 0.497 e. The van der Waals surface area contributed by atoms with Crippen LogP contribution in [0.1, 0.15) is 40.8 Å². The van der Waals surface area contributed by atoms with Crippen molar-refractivity contribution in [3.8, 4) is 5.75 Å². The molecule has 2 aromatic carbocycles. The minimum Gasteiger partial charge on any atom is -0.497 e. The molecule has 0 fully saturated rings. The molecule has 7 heteroatoms. The van der Waals surface area contributed by atoms with Crippen molar-refractivity contribution in [2.24, 2.45) is 0 Å². The predicted molar refractivity (Wildman–Crippen MR) is 139 cm³/mol. The van der Waals surface area contributed by atoms with E-state index in [-0.39, 0.29) is 17.4 Å². The average Bonchev–Trinajstić information content (AvgIpc) is 3.28. The molecule has 0 saturated heterocycles. The molecule has 0 bridgehead atoms. The molecule has 1 unspecified atom stereocenters. The van der Waals surface area contributed by atoms with Gasteiger partial charge in [-0.05, 0) is 48.1 Å². The topological polar surface area (TPSA) is 64.4 Å². The molecule has 0 spiro atoms. The van der Waals surface area contributed by atoms with Crippen LogP contribution in [0.2, 0.25) is 0 Å². The summed E-state index contributed by atoms with van der Waals surface area (Å²) < 4.78 is 6.93. The summed E-state index contributed by atoms with van der Waals surface area (Å²) in [5.74, 6) is 0.840. The van der Waals surface area contributed by atoms with E-state index in [1.54, 1.807) is 29.3 Å². The van der Waals surface area contributed by atoms with Crippen molar-refractivity contribution >= 4 is 27.5 Å². The molecule has 0 N–H and O–H groups in total. The number of fused-ring (bicyclic) bond motifs is 3. The molecule has 1 atom stereocenters. The molecule has 0 radical (unpaired) electrons. The van der Waals surface area contributed by atoms with Crippen LogP contribution in [0, 0.1) is 0 Å². The maximum atomic E-state index is 13.4. The Hall–Kier alpha value is -3.45. The van der Waals surface area contributed by atoms with Crippen molar-refractivity contribution in [2.45, 2.75) is 45.2 Å². The third kappa shape index (κ3) is 4.60. The van der Waals surface area contributed by atoms with Gasteiger partial charge >= 0.3 is 0 Å². The van der Waals surface area contributed by atoms with Crippen LogP contribution in [0.3, 0.4) is 0 Å². The van der Waals surface area contributed by atoms with E-state index >= 15 is 0 Å². The Morgan fingerprint density at radius 1 is 1.14 bits per heavy atom. The lowest BCUT2D eigenvalue weighted by Gasteiger charge is -2.30. The van der Waals surface area contributed by atoms with Crippen molar-refractivity contribution < 1.29 is 9.53 Å². The summed E-state index contributed by atoms with van der Waals surface area (Å²) in [7, 11) is 1.65. The van der Waals surface area contributed by atoms with Crippen LogP contribution in [0.25, 0.3) is 10.2 Å². The maximum absolute atomic E-state index is 13.4. The van der Waals surface area contributed by atoms with Crippen molar-refractivity contribution in [3.63, 3.8) is 0 Å². The Bertz CT molecular complexity index is 1390. The molecule has 3 heterocycles. The number of ether oxygens (including phenoxy) is 1. The predicted octanol–water partition coefficient (Wildman–Crippen LogP) is 4.79. The summed E-state index contributed by atoms with van der Waals surface area (Å²) >= 11 is 1.55. The molecule has 1 aliphatic rings. The van der Waals surface area contributed by atoms with E-state index in [0.717, 1.165) is 50.4 Å². The number of aromatic nitrogens is 2. The third-order valence-electron chi connectivity index (χ3n) is 6.85. The summed E-state index contributed by atoms with van der Waals surface area (Å²) in [5, 5.41) is 0.726. The number of methoxy groups -OCH3 is 1. The van der Waals surface area contributed by atoms with Crippen molar-refractivity contribution in [1.29, 1.82) is 0 Å². The normalized spacial score (nSPS) is 14.1. The van der Waals surface area contributed by atoms with E-state index in [2.05, 4.69) is 11.9 Å². The second-order valence-corrected chi connectivity index (χ2v) is 9.99. The number of nitrogens with zero attached hydrogens (tertiary/aromatic N) is 3. The highest BCUT2D eigenvalue weighted by Crippen LogP contribution is 2.34. The number of hydrogen-bond donors (Lipinski definition) is 0. The number of amides is 1. The van der Waals surface area contributed by atoms with Crippen LogP contribution < -0.4 is 10.3 Å². The summed E-state index contributed by atoms with van der Waals surface area (Å²) in [6, 6.07) is 17.9. The molecule has 0 aliphatic carbocycles. The van der Waals surface area contributed by atoms with Crippen LogP contribution in [0.5, 0.6) is 5.75 Å². The van der Waals surface area contributed by atoms with Gasteiger partial charge in [-0.3, -0.25) is 14.2 Å². The molecule has 0 saturated carbocycles. The molecular weight excluding hydrogens is 458 g/mol. The molecule has 6 nitrogen and oxygen atoms in total. The smallest absolute Gasteiger partial charge is 0.262 e. The highest BCUT2D eigenvalue weighted by atomic mass is 32.1. The van der Waals surface area contributed by atoms with Gasteiger partial charge in [-0.2, -0.15) is 0 Å². The average molecular weight is 488 g/mol. The van der Waals surface area contributed by atoms with Gasteiger partial charge in [0.25, 0.3) is 5.56 Å². The molecule has 4 aromatic rings. The van der Waals surface area contributed by atoms with E-state index in [1.165, 1.54) is 0 Å². The van der Waals surface area contributed by atoms with Crippen molar-refractivity contribution in [3.05, 3.63) is 92.8 Å². The van der Waals surface area contributed by atoms with Crippen LogP contribution in [0.4, 0.5) is 0 Å². The minimum atomic E-state index is -0.138. The third-order valence-corrected chi connectivity index (χ3v) is 7.97. The molecule has 1 aliphatic heterocycles. The quantitative estimate of drug-likeness (QED) is 0.376. The Kier molecular flexibility index (Phi) is 6.68. The van der Waals surface area contributed by atoms with E-state index in [4.69, 9.17) is 4.74 Å². The van der Waals surface area contributed by atoms with Crippen molar-refractivity contribution in [1.82, 2.24) is 14.5 Å². The lowest BCUT2D eigenvalue weighted by atomic mass is 9.94. The summed E-state index contributed by atoms with van der Waals surface area (Å²) in [6.45, 7) is 3.80. The Morgan fingerprint density at radius 3 is 2.63 bits per heavy atom. The lowest BCUT2D eigenvalue weighted by Crippen LogP contribution is -2.38. The number of aryl methyl sites for hydroxylation is 2. The molecule has 180 valence electrons. The second kappa shape index (κ2) is 10.0. The fourth-order valence-corrected chi connectivity index (χ4v) is 6.06. The number of carbonyl (C=O) groups is 1.